The molecule has 0 unspecified atom stereocenters. The molecule has 9 nitrogen and oxygen atoms in total. The number of carbonyl (C=O) groups is 5. The monoisotopic (exact) mass is 331 g/mol. The van der Waals surface area contributed by atoms with Gasteiger partial charge in [-0.15, -0.1) is 0 Å². The first-order valence-electron chi connectivity index (χ1n) is 6.91. The van der Waals surface area contributed by atoms with E-state index in [0.717, 1.165) is 17.1 Å². The lowest BCUT2D eigenvalue weighted by Gasteiger charge is -2.17. The van der Waals surface area contributed by atoms with Gasteiger partial charge in [0.15, 0.2) is 0 Å². The Morgan fingerprint density at radius 2 is 1.62 bits per heavy atom. The highest BCUT2D eigenvalue weighted by Gasteiger charge is 2.55. The quantitative estimate of drug-likeness (QED) is 0.479. The molecule has 4 amide bonds. The van der Waals surface area contributed by atoms with Crippen LogP contribution in [0.1, 0.15) is 23.2 Å². The van der Waals surface area contributed by atoms with Gasteiger partial charge in [-0.25, -0.2) is 24.1 Å². The average molecular weight is 331 g/mol. The van der Waals surface area contributed by atoms with E-state index in [-0.39, 0.29) is 24.1 Å². The van der Waals surface area contributed by atoms with Crippen molar-refractivity contribution in [3.63, 3.8) is 0 Å². The van der Waals surface area contributed by atoms with Crippen LogP contribution in [0.5, 0.6) is 0 Å². The van der Waals surface area contributed by atoms with E-state index in [1.54, 1.807) is 0 Å². The highest BCUT2D eigenvalue weighted by Crippen LogP contribution is 2.24. The molecule has 3 rings (SSSR count). The number of imide groups is 2. The van der Waals surface area contributed by atoms with E-state index < -0.39 is 34.4 Å². The fourth-order valence-electron chi connectivity index (χ4n) is 2.36. The Bertz CT molecular complexity index is 793. The molecular formula is C15H11N2O7+. The van der Waals surface area contributed by atoms with Crippen molar-refractivity contribution in [2.45, 2.75) is 12.8 Å². The Balaban J connectivity index is 1.85. The van der Waals surface area contributed by atoms with Crippen LogP contribution in [0, 0.1) is 0 Å². The molecule has 1 N–H and O–H groups in total. The molecule has 0 atom stereocenters. The smallest absolute Gasteiger partial charge is 0.269 e. The summed E-state index contributed by atoms with van der Waals surface area (Å²) in [6.07, 6.45) is 1.71. The van der Waals surface area contributed by atoms with E-state index >= 15 is 0 Å². The lowest BCUT2D eigenvalue weighted by molar-refractivity contribution is -1.12. The van der Waals surface area contributed by atoms with Crippen molar-refractivity contribution in [2.75, 3.05) is 4.90 Å². The van der Waals surface area contributed by atoms with Crippen molar-refractivity contribution < 1.29 is 38.8 Å². The van der Waals surface area contributed by atoms with E-state index in [9.17, 15) is 29.2 Å². The van der Waals surface area contributed by atoms with Crippen LogP contribution in [0.4, 0.5) is 5.69 Å². The van der Waals surface area contributed by atoms with Gasteiger partial charge in [0.1, 0.15) is 4.81 Å². The van der Waals surface area contributed by atoms with Gasteiger partial charge in [0, 0.05) is 12.2 Å². The number of rotatable bonds is 3. The lowest BCUT2D eigenvalue weighted by Crippen LogP contribution is -2.50. The molecule has 0 aliphatic carbocycles. The summed E-state index contributed by atoms with van der Waals surface area (Å²) in [5.74, 6) is -4.17. The zero-order valence-electron chi connectivity index (χ0n) is 12.2. The molecule has 2 aliphatic rings. The van der Waals surface area contributed by atoms with Crippen molar-refractivity contribution in [3.05, 3.63) is 42.0 Å². The third kappa shape index (κ3) is 2.41. The third-order valence-corrected chi connectivity index (χ3v) is 3.59. The summed E-state index contributed by atoms with van der Waals surface area (Å²) >= 11 is 0. The highest BCUT2D eigenvalue weighted by atomic mass is 17.0. The van der Waals surface area contributed by atoms with E-state index in [1.807, 2.05) is 0 Å². The molecule has 0 spiro atoms. The summed E-state index contributed by atoms with van der Waals surface area (Å²) in [7, 11) is 0. The number of benzene rings is 1. The number of hydrogen-bond donors (Lipinski definition) is 1. The van der Waals surface area contributed by atoms with Gasteiger partial charge in [-0.2, -0.15) is 5.21 Å². The van der Waals surface area contributed by atoms with Crippen LogP contribution in [0.25, 0.3) is 0 Å². The highest BCUT2D eigenvalue weighted by molar-refractivity contribution is 6.28. The summed E-state index contributed by atoms with van der Waals surface area (Å²) in [6.45, 7) is 0. The van der Waals surface area contributed by atoms with Crippen LogP contribution in [0.3, 0.4) is 0 Å². The Hall–Kier alpha value is -3.17. The first kappa shape index (κ1) is 15.7. The Labute approximate surface area is 134 Å². The minimum absolute atomic E-state index is 0.119. The molecule has 2 aliphatic heterocycles. The summed E-state index contributed by atoms with van der Waals surface area (Å²) < 4.78 is 0. The van der Waals surface area contributed by atoms with Crippen molar-refractivity contribution in [3.8, 4) is 0 Å². The van der Waals surface area contributed by atoms with Crippen LogP contribution in [-0.2, 0) is 24.0 Å². The molecule has 9 heteroatoms. The van der Waals surface area contributed by atoms with E-state index in [0.29, 0.717) is 0 Å². The van der Waals surface area contributed by atoms with Crippen LogP contribution in [0.15, 0.2) is 36.4 Å². The molecule has 0 radical (unpaired) electrons. The fourth-order valence-corrected chi connectivity index (χ4v) is 2.36. The van der Waals surface area contributed by atoms with Crippen LogP contribution < -0.4 is 4.90 Å². The maximum absolute atomic E-state index is 12.1. The van der Waals surface area contributed by atoms with Crippen LogP contribution in [-0.4, -0.2) is 39.6 Å². The molecule has 24 heavy (non-hydrogen) atoms. The number of hydroxylamine groups is 4. The fraction of sp³-hybridized carbons (Fsp3) is 0.133. The van der Waals surface area contributed by atoms with E-state index in [2.05, 4.69) is 4.84 Å². The Morgan fingerprint density at radius 1 is 1.04 bits per heavy atom. The van der Waals surface area contributed by atoms with Gasteiger partial charge in [0.2, 0.25) is 0 Å². The van der Waals surface area contributed by atoms with Crippen molar-refractivity contribution in [1.82, 2.24) is 0 Å². The van der Waals surface area contributed by atoms with Gasteiger partial charge in [0.05, 0.1) is 24.1 Å². The number of amides is 4. The molecular weight excluding hydrogens is 320 g/mol. The Morgan fingerprint density at radius 3 is 2.21 bits per heavy atom. The van der Waals surface area contributed by atoms with Crippen LogP contribution >= 0.6 is 0 Å². The van der Waals surface area contributed by atoms with Gasteiger partial charge in [0.25, 0.3) is 11.8 Å². The van der Waals surface area contributed by atoms with Crippen LogP contribution in [0.2, 0.25) is 0 Å². The maximum Gasteiger partial charge on any atom is 0.403 e. The molecule has 122 valence electrons. The largest absolute Gasteiger partial charge is 0.403 e. The predicted molar refractivity (Wildman–Crippen MR) is 74.8 cm³/mol. The molecule has 1 aromatic carbocycles. The summed E-state index contributed by atoms with van der Waals surface area (Å²) in [5.41, 5.74) is -0.0212. The molecule has 1 saturated heterocycles. The van der Waals surface area contributed by atoms with E-state index in [1.165, 1.54) is 24.3 Å². The third-order valence-electron chi connectivity index (χ3n) is 3.59. The zero-order valence-corrected chi connectivity index (χ0v) is 12.2. The lowest BCUT2D eigenvalue weighted by atomic mass is 10.2. The SMILES string of the molecule is O=C(O[N+]1(O)C(=O)CCC1=O)c1cccc(N2C(=O)C=CC2=O)c1. The number of anilines is 1. The van der Waals surface area contributed by atoms with Gasteiger partial charge >= 0.3 is 17.8 Å². The number of hydrogen-bond acceptors (Lipinski definition) is 7. The molecule has 0 saturated carbocycles. The normalized spacial score (nSPS) is 19.3. The van der Waals surface area contributed by atoms with Gasteiger partial charge in [-0.1, -0.05) is 6.07 Å². The number of quaternary nitrogens is 1. The van der Waals surface area contributed by atoms with E-state index in [4.69, 9.17) is 0 Å². The molecule has 0 aromatic heterocycles. The number of carbonyl (C=O) groups excluding carboxylic acids is 5. The predicted octanol–water partition coefficient (Wildman–Crippen LogP) is 0.241. The zero-order chi connectivity index (χ0) is 17.5. The van der Waals surface area contributed by atoms with Gasteiger partial charge in [-0.3, -0.25) is 9.59 Å². The maximum atomic E-state index is 12.1. The van der Waals surface area contributed by atoms with Crippen molar-refractivity contribution in [1.29, 1.82) is 0 Å². The van der Waals surface area contributed by atoms with Gasteiger partial charge in [-0.05, 0) is 18.2 Å². The molecule has 1 aromatic rings. The summed E-state index contributed by atoms with van der Waals surface area (Å²) in [4.78, 5) is 62.0. The molecule has 0 bridgehead atoms. The minimum Gasteiger partial charge on any atom is -0.269 e. The first-order valence-corrected chi connectivity index (χ1v) is 6.91. The van der Waals surface area contributed by atoms with Crippen molar-refractivity contribution in [2.24, 2.45) is 0 Å². The van der Waals surface area contributed by atoms with Gasteiger partial charge < -0.3 is 0 Å². The van der Waals surface area contributed by atoms with Crippen molar-refractivity contribution >= 4 is 35.3 Å². The summed E-state index contributed by atoms with van der Waals surface area (Å²) in [5, 5.41) is 9.89. The standard InChI is InChI=1S/C15H11N2O7/c18-11-4-5-12(19)16(11)10-3-1-2-9(8-10)15(22)24-17(23)13(20)6-7-14(17)21/h1-5,8,23H,6-7H2/q+1. The Kier molecular flexibility index (Phi) is 3.59. The topological polar surface area (TPSA) is 118 Å². The summed E-state index contributed by atoms with van der Waals surface area (Å²) in [6, 6.07) is 5.29. The molecule has 1 fully saturated rings. The minimum atomic E-state index is -2.04. The second-order valence-electron chi connectivity index (χ2n) is 5.14. The second kappa shape index (κ2) is 5.48. The molecule has 2 heterocycles. The first-order chi connectivity index (χ1) is 11.3. The number of nitrogens with zero attached hydrogens (tertiary/aromatic N) is 2. The second-order valence-corrected chi connectivity index (χ2v) is 5.14. The average Bonchev–Trinajstić information content (AvgIpc) is 3.01.